The van der Waals surface area contributed by atoms with Crippen LogP contribution in [0.1, 0.15) is 76.1 Å². The zero-order chi connectivity index (χ0) is 42.8. The Balaban J connectivity index is 0.820. The van der Waals surface area contributed by atoms with E-state index in [1.807, 2.05) is 36.0 Å². The van der Waals surface area contributed by atoms with Gasteiger partial charge in [0, 0.05) is 48.8 Å². The number of aromatic nitrogens is 4. The average molecular weight is 841 g/mol. The third-order valence-electron chi connectivity index (χ3n) is 13.9. The van der Waals surface area contributed by atoms with Gasteiger partial charge in [0.2, 0.25) is 11.8 Å². The van der Waals surface area contributed by atoms with E-state index < -0.39 is 24.3 Å². The molecule has 2 saturated carbocycles. The van der Waals surface area contributed by atoms with Crippen molar-refractivity contribution in [1.29, 1.82) is 0 Å². The highest BCUT2D eigenvalue weighted by molar-refractivity contribution is 5.91. The number of imidazole rings is 2. The predicted octanol–water partition coefficient (Wildman–Crippen LogP) is 7.05. The van der Waals surface area contributed by atoms with Crippen LogP contribution in [0, 0.1) is 23.7 Å². The van der Waals surface area contributed by atoms with Crippen LogP contribution < -0.4 is 10.6 Å². The lowest BCUT2D eigenvalue weighted by atomic mass is 9.90. The fraction of sp³-hybridized carbons (Fsp3) is 0.447. The van der Waals surface area contributed by atoms with Gasteiger partial charge in [-0.3, -0.25) is 9.59 Å². The topological polar surface area (TPSA) is 195 Å². The van der Waals surface area contributed by atoms with E-state index in [2.05, 4.69) is 81.3 Å². The number of hydrogen-bond acceptors (Lipinski definition) is 8. The van der Waals surface area contributed by atoms with Gasteiger partial charge < -0.3 is 45.0 Å². The van der Waals surface area contributed by atoms with Crippen LogP contribution >= 0.6 is 0 Å². The number of carboxylic acid groups (broad SMARTS) is 1. The number of fused-ring (bicyclic) bond motifs is 3. The predicted molar refractivity (Wildman–Crippen MR) is 229 cm³/mol. The van der Waals surface area contributed by atoms with Crippen molar-refractivity contribution in [2.75, 3.05) is 20.3 Å². The molecule has 5 fully saturated rings. The van der Waals surface area contributed by atoms with Crippen molar-refractivity contribution >= 4 is 34.8 Å². The van der Waals surface area contributed by atoms with E-state index in [1.54, 1.807) is 0 Å². The van der Waals surface area contributed by atoms with E-state index in [1.165, 1.54) is 7.11 Å². The standard InChI is InChI=1S/C47H52N8O7/c1-24(2)40(53-47(60)61-3)44(56)54-36-18-32(36)20-38(54)43-49-23-35(51-43)31-11-10-29-16-28(8-9-30(29)17-31)25-4-6-26(7-5-25)34-22-48-42(50-34)39-21-33-19-37(33)55(39)45(57)41(52-46(58)59)27-12-14-62-15-13-27/h4-11,16-17,22-24,27,32-33,36-41,52H,12-15,18-21H2,1-3H3,(H,48,50)(H,49,51)(H,53,60)(H,58,59)/t32-,33-,36-,37-,38+,39?,40+,41+/m1/s1. The van der Waals surface area contributed by atoms with Crippen LogP contribution in [-0.4, -0.2) is 103 Å². The van der Waals surface area contributed by atoms with Gasteiger partial charge in [-0.25, -0.2) is 19.6 Å². The van der Waals surface area contributed by atoms with Crippen molar-refractivity contribution in [2.45, 2.75) is 88.6 Å². The summed E-state index contributed by atoms with van der Waals surface area (Å²) >= 11 is 0. The first-order chi connectivity index (χ1) is 30.0. The molecular formula is C47H52N8O7. The zero-order valence-corrected chi connectivity index (χ0v) is 35.0. The van der Waals surface area contributed by atoms with E-state index in [-0.39, 0.29) is 47.8 Å². The van der Waals surface area contributed by atoms with Crippen molar-refractivity contribution in [3.63, 3.8) is 0 Å². The maximum absolute atomic E-state index is 14.1. The molecule has 8 atom stereocenters. The first kappa shape index (κ1) is 39.9. The number of piperidine rings is 2. The van der Waals surface area contributed by atoms with Crippen LogP contribution in [0.4, 0.5) is 9.59 Å². The Kier molecular flexibility index (Phi) is 10.2. The van der Waals surface area contributed by atoms with E-state index in [0.29, 0.717) is 37.9 Å². The number of ether oxygens (including phenoxy) is 2. The van der Waals surface area contributed by atoms with E-state index in [4.69, 9.17) is 19.4 Å². The van der Waals surface area contributed by atoms with E-state index in [0.717, 1.165) is 81.7 Å². The second-order valence-corrected chi connectivity index (χ2v) is 18.1. The van der Waals surface area contributed by atoms with Crippen molar-refractivity contribution in [3.05, 3.63) is 84.7 Å². The van der Waals surface area contributed by atoms with Crippen molar-refractivity contribution in [3.8, 4) is 33.6 Å². The summed E-state index contributed by atoms with van der Waals surface area (Å²) in [7, 11) is 1.30. The van der Waals surface area contributed by atoms with Gasteiger partial charge in [0.05, 0.1) is 30.6 Å². The Bertz CT molecular complexity index is 2530. The number of alkyl carbamates (subject to hydrolysis) is 1. The van der Waals surface area contributed by atoms with Crippen molar-refractivity contribution in [2.24, 2.45) is 23.7 Å². The number of nitrogens with zero attached hydrogens (tertiary/aromatic N) is 4. The van der Waals surface area contributed by atoms with Gasteiger partial charge in [-0.2, -0.15) is 0 Å². The molecular weight excluding hydrogens is 789 g/mol. The molecule has 2 aromatic heterocycles. The first-order valence-electron chi connectivity index (χ1n) is 21.9. The van der Waals surface area contributed by atoms with Gasteiger partial charge in [0.15, 0.2) is 0 Å². The molecule has 0 spiro atoms. The molecule has 15 nitrogen and oxygen atoms in total. The molecule has 5 N–H and O–H groups in total. The summed E-state index contributed by atoms with van der Waals surface area (Å²) < 4.78 is 10.3. The quantitative estimate of drug-likeness (QED) is 0.0926. The monoisotopic (exact) mass is 840 g/mol. The molecule has 15 heteroatoms. The average Bonchev–Trinajstić information content (AvgIpc) is 3.87. The number of hydrogen-bond donors (Lipinski definition) is 5. The number of nitrogens with one attached hydrogen (secondary N) is 4. The summed E-state index contributed by atoms with van der Waals surface area (Å²) in [6.07, 6.45) is 6.84. The maximum Gasteiger partial charge on any atom is 0.407 e. The fourth-order valence-electron chi connectivity index (χ4n) is 10.3. The van der Waals surface area contributed by atoms with Gasteiger partial charge >= 0.3 is 12.2 Å². The lowest BCUT2D eigenvalue weighted by Crippen LogP contribution is -2.53. The second-order valence-electron chi connectivity index (χ2n) is 18.1. The van der Waals surface area contributed by atoms with Gasteiger partial charge in [-0.05, 0) is 96.2 Å². The Morgan fingerprint density at radius 2 is 1.26 bits per heavy atom. The summed E-state index contributed by atoms with van der Waals surface area (Å²) in [6.45, 7) is 4.89. The van der Waals surface area contributed by atoms with Gasteiger partial charge in [0.1, 0.15) is 23.7 Å². The molecule has 5 heterocycles. The number of methoxy groups -OCH3 is 1. The minimum atomic E-state index is -1.19. The molecule has 10 rings (SSSR count). The lowest BCUT2D eigenvalue weighted by Gasteiger charge is -2.35. The fourth-order valence-corrected chi connectivity index (χ4v) is 10.3. The third kappa shape index (κ3) is 7.45. The van der Waals surface area contributed by atoms with Crippen LogP contribution in [0.3, 0.4) is 0 Å². The number of rotatable bonds is 11. The molecule has 322 valence electrons. The molecule has 1 unspecified atom stereocenters. The van der Waals surface area contributed by atoms with Crippen LogP contribution in [0.2, 0.25) is 0 Å². The highest BCUT2D eigenvalue weighted by Gasteiger charge is 2.57. The van der Waals surface area contributed by atoms with Gasteiger partial charge in [0.25, 0.3) is 0 Å². The van der Waals surface area contributed by atoms with Gasteiger partial charge in [-0.15, -0.1) is 0 Å². The second kappa shape index (κ2) is 15.9. The van der Waals surface area contributed by atoms with Crippen LogP contribution in [0.5, 0.6) is 0 Å². The first-order valence-corrected chi connectivity index (χ1v) is 21.9. The zero-order valence-electron chi connectivity index (χ0n) is 35.0. The summed E-state index contributed by atoms with van der Waals surface area (Å²) in [5.41, 5.74) is 5.68. The molecule has 3 saturated heterocycles. The maximum atomic E-state index is 14.1. The SMILES string of the molecule is COC(=O)N[C@H](C(=O)N1[C@@H]2C[C@@H]2C[C@H]1c1nc(-c2ccc3cc(-c4ccc(-c5c[nH]c(C6C[C@H]7C[C@H]7N6C(=O)[C@@H](NC(=O)O)C6CCOCC6)n5)cc4)ccc3c2)c[nH]1)C(C)C. The smallest absolute Gasteiger partial charge is 0.407 e. The molecule has 3 aromatic carbocycles. The summed E-state index contributed by atoms with van der Waals surface area (Å²) in [5.74, 6) is 1.86. The van der Waals surface area contributed by atoms with Crippen LogP contribution in [0.25, 0.3) is 44.4 Å². The number of aromatic amines is 2. The largest absolute Gasteiger partial charge is 0.465 e. The molecule has 4 amide bonds. The number of carbonyl (C=O) groups is 4. The van der Waals surface area contributed by atoms with E-state index in [9.17, 15) is 24.3 Å². The molecule has 0 bridgehead atoms. The highest BCUT2D eigenvalue weighted by Crippen LogP contribution is 2.54. The molecule has 5 aliphatic rings. The molecule has 62 heavy (non-hydrogen) atoms. The van der Waals surface area contributed by atoms with Crippen LogP contribution in [0.15, 0.2) is 73.1 Å². The van der Waals surface area contributed by atoms with Crippen molar-refractivity contribution in [1.82, 2.24) is 40.4 Å². The number of benzene rings is 3. The highest BCUT2D eigenvalue weighted by atomic mass is 16.5. The molecule has 0 radical (unpaired) electrons. The molecule has 5 aromatic rings. The number of amides is 4. The Morgan fingerprint density at radius 1 is 0.726 bits per heavy atom. The van der Waals surface area contributed by atoms with Gasteiger partial charge in [-0.1, -0.05) is 62.4 Å². The lowest BCUT2D eigenvalue weighted by molar-refractivity contribution is -0.138. The molecule has 3 aliphatic heterocycles. The third-order valence-corrected chi connectivity index (χ3v) is 13.9. The van der Waals surface area contributed by atoms with Crippen molar-refractivity contribution < 1.29 is 33.8 Å². The Morgan fingerprint density at radius 3 is 1.84 bits per heavy atom. The van der Waals surface area contributed by atoms with Crippen LogP contribution in [-0.2, 0) is 19.1 Å². The summed E-state index contributed by atoms with van der Waals surface area (Å²) in [6, 6.07) is 19.4. The Hall–Kier alpha value is -6.22. The van der Waals surface area contributed by atoms with E-state index >= 15 is 0 Å². The normalized spacial score (nSPS) is 25.0. The number of carbonyl (C=O) groups excluding carboxylic acids is 3. The molecule has 2 aliphatic carbocycles. The number of likely N-dealkylation sites (tertiary alicyclic amines) is 2. The minimum absolute atomic E-state index is 0.101. The summed E-state index contributed by atoms with van der Waals surface area (Å²) in [5, 5.41) is 17.1. The summed E-state index contributed by atoms with van der Waals surface area (Å²) in [4.78, 5) is 72.3. The minimum Gasteiger partial charge on any atom is -0.465 e. The Labute approximate surface area is 359 Å². The number of H-pyrrole nitrogens is 2.